The number of ether oxygens (including phenoxy) is 2. The number of anilines is 1. The Bertz CT molecular complexity index is 983. The third kappa shape index (κ3) is 3.91. The van der Waals surface area contributed by atoms with Gasteiger partial charge in [0.2, 0.25) is 0 Å². The molecule has 0 saturated carbocycles. The predicted octanol–water partition coefficient (Wildman–Crippen LogP) is 4.17. The number of rotatable bonds is 6. The van der Waals surface area contributed by atoms with Crippen LogP contribution in [0, 0.1) is 6.92 Å². The number of nitrogens with one attached hydrogen (secondary N) is 1. The standard InChI is InChI=1S/C18H19ClN4O3S/c1-5-26-14-12(19)8-11(9-13(14)25-4)17(24)22-18-21-10(2)15(27-18)16-20-6-7-23(16)3/h6-9H,5H2,1-4H3,(H,21,22,24). The van der Waals surface area contributed by atoms with Gasteiger partial charge in [-0.15, -0.1) is 0 Å². The second-order valence-corrected chi connectivity index (χ2v) is 7.08. The van der Waals surface area contributed by atoms with Crippen molar-refractivity contribution < 1.29 is 14.3 Å². The van der Waals surface area contributed by atoms with Gasteiger partial charge < -0.3 is 14.0 Å². The Morgan fingerprint density at radius 2 is 2.19 bits per heavy atom. The van der Waals surface area contributed by atoms with Crippen LogP contribution in [0.15, 0.2) is 24.5 Å². The Kier molecular flexibility index (Phi) is 5.67. The third-order valence-electron chi connectivity index (χ3n) is 3.82. The molecule has 7 nitrogen and oxygen atoms in total. The first-order valence-corrected chi connectivity index (χ1v) is 9.40. The van der Waals surface area contributed by atoms with Crippen molar-refractivity contribution >= 4 is 34.0 Å². The summed E-state index contributed by atoms with van der Waals surface area (Å²) in [5, 5.41) is 3.60. The van der Waals surface area contributed by atoms with Gasteiger partial charge in [0.05, 0.1) is 29.3 Å². The van der Waals surface area contributed by atoms with E-state index < -0.39 is 0 Å². The van der Waals surface area contributed by atoms with Crippen LogP contribution < -0.4 is 14.8 Å². The highest BCUT2D eigenvalue weighted by Gasteiger charge is 2.18. The number of halogens is 1. The maximum absolute atomic E-state index is 12.7. The van der Waals surface area contributed by atoms with E-state index in [1.165, 1.54) is 18.4 Å². The molecule has 1 amide bonds. The van der Waals surface area contributed by atoms with Gasteiger partial charge in [0.1, 0.15) is 0 Å². The molecular weight excluding hydrogens is 388 g/mol. The third-order valence-corrected chi connectivity index (χ3v) is 5.17. The lowest BCUT2D eigenvalue weighted by Crippen LogP contribution is -2.12. The Labute approximate surface area is 165 Å². The average molecular weight is 407 g/mol. The highest BCUT2D eigenvalue weighted by atomic mass is 35.5. The molecule has 9 heteroatoms. The van der Waals surface area contributed by atoms with Crippen LogP contribution in [0.4, 0.5) is 5.13 Å². The first kappa shape index (κ1) is 19.2. The number of aryl methyl sites for hydroxylation is 2. The van der Waals surface area contributed by atoms with Crippen molar-refractivity contribution in [2.45, 2.75) is 13.8 Å². The summed E-state index contributed by atoms with van der Waals surface area (Å²) < 4.78 is 12.7. The number of aromatic nitrogens is 3. The number of benzene rings is 1. The lowest BCUT2D eigenvalue weighted by molar-refractivity contribution is 0.102. The van der Waals surface area contributed by atoms with E-state index >= 15 is 0 Å². The largest absolute Gasteiger partial charge is 0.493 e. The van der Waals surface area contributed by atoms with E-state index in [4.69, 9.17) is 21.1 Å². The Morgan fingerprint density at radius 3 is 2.81 bits per heavy atom. The van der Waals surface area contributed by atoms with Crippen LogP contribution in [-0.2, 0) is 7.05 Å². The van der Waals surface area contributed by atoms with Crippen LogP contribution >= 0.6 is 22.9 Å². The molecule has 0 aliphatic rings. The van der Waals surface area contributed by atoms with Crippen LogP contribution in [0.5, 0.6) is 11.5 Å². The normalized spacial score (nSPS) is 10.7. The van der Waals surface area contributed by atoms with Gasteiger partial charge in [-0.1, -0.05) is 22.9 Å². The fourth-order valence-electron chi connectivity index (χ4n) is 2.55. The summed E-state index contributed by atoms with van der Waals surface area (Å²) in [7, 11) is 3.41. The van der Waals surface area contributed by atoms with E-state index in [0.29, 0.717) is 33.8 Å². The minimum absolute atomic E-state index is 0.311. The maximum Gasteiger partial charge on any atom is 0.257 e. The SMILES string of the molecule is CCOc1c(Cl)cc(C(=O)Nc2nc(C)c(-c3nccn3C)s2)cc1OC. The number of carbonyl (C=O) groups is 1. The van der Waals surface area contributed by atoms with Gasteiger partial charge in [-0.3, -0.25) is 10.1 Å². The molecule has 3 aromatic rings. The van der Waals surface area contributed by atoms with Crippen LogP contribution in [0.1, 0.15) is 23.0 Å². The van der Waals surface area contributed by atoms with Gasteiger partial charge in [0.15, 0.2) is 22.5 Å². The highest BCUT2D eigenvalue weighted by molar-refractivity contribution is 7.19. The molecule has 0 aliphatic carbocycles. The van der Waals surface area contributed by atoms with Gasteiger partial charge in [0.25, 0.3) is 5.91 Å². The summed E-state index contributed by atoms with van der Waals surface area (Å²) in [6.45, 7) is 4.17. The summed E-state index contributed by atoms with van der Waals surface area (Å²) in [6.07, 6.45) is 3.59. The molecule has 2 heterocycles. The highest BCUT2D eigenvalue weighted by Crippen LogP contribution is 2.37. The molecule has 3 rings (SSSR count). The maximum atomic E-state index is 12.7. The van der Waals surface area contributed by atoms with Crippen LogP contribution in [-0.4, -0.2) is 34.2 Å². The number of hydrogen-bond acceptors (Lipinski definition) is 6. The molecular formula is C18H19ClN4O3S. The first-order chi connectivity index (χ1) is 12.9. The molecule has 1 N–H and O–H groups in total. The number of nitrogens with zero attached hydrogens (tertiary/aromatic N) is 3. The van der Waals surface area contributed by atoms with Crippen molar-refractivity contribution in [2.24, 2.45) is 7.05 Å². The zero-order valence-corrected chi connectivity index (χ0v) is 16.9. The predicted molar refractivity (Wildman–Crippen MR) is 106 cm³/mol. The zero-order valence-electron chi connectivity index (χ0n) is 15.4. The second kappa shape index (κ2) is 7.98. The van der Waals surface area contributed by atoms with Gasteiger partial charge in [-0.05, 0) is 26.0 Å². The summed E-state index contributed by atoms with van der Waals surface area (Å²) >= 11 is 7.61. The van der Waals surface area contributed by atoms with Gasteiger partial charge in [-0.25, -0.2) is 9.97 Å². The van der Waals surface area contributed by atoms with E-state index in [-0.39, 0.29) is 5.91 Å². The van der Waals surface area contributed by atoms with Gasteiger partial charge in [0, 0.05) is 25.0 Å². The zero-order chi connectivity index (χ0) is 19.6. The van der Waals surface area contributed by atoms with Crippen molar-refractivity contribution in [3.05, 3.63) is 40.8 Å². The second-order valence-electron chi connectivity index (χ2n) is 5.67. The van der Waals surface area contributed by atoms with E-state index in [9.17, 15) is 4.79 Å². The topological polar surface area (TPSA) is 78.3 Å². The number of imidazole rings is 1. The lowest BCUT2D eigenvalue weighted by atomic mass is 10.2. The molecule has 1 aromatic carbocycles. The number of carbonyl (C=O) groups excluding carboxylic acids is 1. The summed E-state index contributed by atoms with van der Waals surface area (Å²) in [6, 6.07) is 3.14. The van der Waals surface area contributed by atoms with Crippen molar-refractivity contribution in [1.29, 1.82) is 0 Å². The molecule has 142 valence electrons. The minimum Gasteiger partial charge on any atom is -0.493 e. The Morgan fingerprint density at radius 1 is 1.41 bits per heavy atom. The van der Waals surface area contributed by atoms with E-state index in [0.717, 1.165) is 16.4 Å². The first-order valence-electron chi connectivity index (χ1n) is 8.21. The van der Waals surface area contributed by atoms with Gasteiger partial charge >= 0.3 is 0 Å². The van der Waals surface area contributed by atoms with Crippen molar-refractivity contribution in [2.75, 3.05) is 19.0 Å². The van der Waals surface area contributed by atoms with Crippen molar-refractivity contribution in [3.63, 3.8) is 0 Å². The monoisotopic (exact) mass is 406 g/mol. The fraction of sp³-hybridized carbons (Fsp3) is 0.278. The fourth-order valence-corrected chi connectivity index (χ4v) is 3.81. The van der Waals surface area contributed by atoms with Gasteiger partial charge in [-0.2, -0.15) is 0 Å². The number of thiazole rings is 1. The number of methoxy groups -OCH3 is 1. The molecule has 0 aliphatic heterocycles. The summed E-state index contributed by atoms with van der Waals surface area (Å²) in [4.78, 5) is 22.3. The average Bonchev–Trinajstić information content (AvgIpc) is 3.21. The Hall–Kier alpha value is -2.58. The lowest BCUT2D eigenvalue weighted by Gasteiger charge is -2.12. The van der Waals surface area contributed by atoms with Crippen molar-refractivity contribution in [1.82, 2.24) is 14.5 Å². The minimum atomic E-state index is -0.335. The molecule has 0 atom stereocenters. The summed E-state index contributed by atoms with van der Waals surface area (Å²) in [5.41, 5.74) is 1.15. The molecule has 0 fully saturated rings. The molecule has 27 heavy (non-hydrogen) atoms. The smallest absolute Gasteiger partial charge is 0.257 e. The molecule has 0 saturated heterocycles. The quantitative estimate of drug-likeness (QED) is 0.664. The van der Waals surface area contributed by atoms with E-state index in [1.54, 1.807) is 18.3 Å². The van der Waals surface area contributed by atoms with Crippen LogP contribution in [0.3, 0.4) is 0 Å². The molecule has 0 spiro atoms. The van der Waals surface area contributed by atoms with Crippen LogP contribution in [0.25, 0.3) is 10.7 Å². The Balaban J connectivity index is 1.86. The molecule has 0 radical (unpaired) electrons. The summed E-state index contributed by atoms with van der Waals surface area (Å²) in [5.74, 6) is 1.29. The number of amides is 1. The number of hydrogen-bond donors (Lipinski definition) is 1. The van der Waals surface area contributed by atoms with Crippen LogP contribution in [0.2, 0.25) is 5.02 Å². The van der Waals surface area contributed by atoms with E-state index in [2.05, 4.69) is 15.3 Å². The van der Waals surface area contributed by atoms with E-state index in [1.807, 2.05) is 31.7 Å². The molecule has 0 bridgehead atoms. The van der Waals surface area contributed by atoms with Crippen molar-refractivity contribution in [3.8, 4) is 22.2 Å². The molecule has 2 aromatic heterocycles. The molecule has 0 unspecified atom stereocenters.